The summed E-state index contributed by atoms with van der Waals surface area (Å²) in [5.74, 6) is 5.43. The molecule has 0 radical (unpaired) electrons. The standard InChI is InChI=1S/C29H50O2/c1-6-21(20(3)18-30)8-7-19(2)25-11-12-26-24-10-9-22-17-23(31)13-15-28(22,4)27(24)14-16-29(25,26)5/h9,19-21,23-27,30-31H,6-8,10-18H2,1-5H3/t19-,20-,21-,23+,24+,25-,26+,27+,28+,29-/m1/s1. The molecule has 0 aromatic heterocycles. The van der Waals surface area contributed by atoms with E-state index in [-0.39, 0.29) is 6.10 Å². The molecule has 2 heteroatoms. The van der Waals surface area contributed by atoms with Crippen LogP contribution in [0.5, 0.6) is 0 Å². The Hall–Kier alpha value is -0.340. The van der Waals surface area contributed by atoms with E-state index in [1.54, 1.807) is 5.57 Å². The molecule has 31 heavy (non-hydrogen) atoms. The molecule has 178 valence electrons. The second-order valence-electron chi connectivity index (χ2n) is 12.8. The van der Waals surface area contributed by atoms with E-state index in [0.717, 1.165) is 42.4 Å². The molecule has 0 aliphatic heterocycles. The summed E-state index contributed by atoms with van der Waals surface area (Å²) in [6.07, 6.45) is 16.4. The Kier molecular flexibility index (Phi) is 7.01. The third-order valence-corrected chi connectivity index (χ3v) is 11.4. The van der Waals surface area contributed by atoms with Gasteiger partial charge in [-0.15, -0.1) is 0 Å². The first kappa shape index (κ1) is 23.8. The summed E-state index contributed by atoms with van der Waals surface area (Å²) in [6.45, 7) is 12.6. The number of fused-ring (bicyclic) bond motifs is 5. The Bertz CT molecular complexity index is 655. The molecule has 0 heterocycles. The molecule has 0 spiro atoms. The van der Waals surface area contributed by atoms with Gasteiger partial charge in [0.15, 0.2) is 0 Å². The zero-order chi connectivity index (χ0) is 22.4. The van der Waals surface area contributed by atoms with Crippen molar-refractivity contribution < 1.29 is 10.2 Å². The zero-order valence-corrected chi connectivity index (χ0v) is 21.1. The lowest BCUT2D eigenvalue weighted by Gasteiger charge is -2.58. The van der Waals surface area contributed by atoms with Gasteiger partial charge in [0.1, 0.15) is 0 Å². The summed E-state index contributed by atoms with van der Waals surface area (Å²) in [7, 11) is 0. The monoisotopic (exact) mass is 430 g/mol. The highest BCUT2D eigenvalue weighted by Crippen LogP contribution is 2.67. The fourth-order valence-corrected chi connectivity index (χ4v) is 9.34. The fraction of sp³-hybridized carbons (Fsp3) is 0.931. The van der Waals surface area contributed by atoms with Gasteiger partial charge < -0.3 is 10.2 Å². The van der Waals surface area contributed by atoms with Crippen molar-refractivity contribution in [2.24, 2.45) is 52.3 Å². The molecule has 4 aliphatic carbocycles. The number of rotatable bonds is 7. The van der Waals surface area contributed by atoms with Crippen molar-refractivity contribution in [2.45, 2.75) is 111 Å². The Labute approximate surface area is 192 Å². The van der Waals surface area contributed by atoms with E-state index < -0.39 is 0 Å². The molecule has 4 rings (SSSR count). The van der Waals surface area contributed by atoms with E-state index in [2.05, 4.69) is 40.7 Å². The van der Waals surface area contributed by atoms with Crippen molar-refractivity contribution >= 4 is 0 Å². The Balaban J connectivity index is 1.46. The highest BCUT2D eigenvalue weighted by Gasteiger charge is 2.59. The molecule has 3 saturated carbocycles. The second-order valence-corrected chi connectivity index (χ2v) is 12.8. The Morgan fingerprint density at radius 1 is 1.03 bits per heavy atom. The summed E-state index contributed by atoms with van der Waals surface area (Å²) in [6, 6.07) is 0. The lowest BCUT2D eigenvalue weighted by atomic mass is 9.47. The van der Waals surface area contributed by atoms with Crippen molar-refractivity contribution in [1.29, 1.82) is 0 Å². The normalized spacial score (nSPS) is 45.1. The molecule has 2 N–H and O–H groups in total. The van der Waals surface area contributed by atoms with Gasteiger partial charge in [-0.1, -0.05) is 59.1 Å². The minimum absolute atomic E-state index is 0.0954. The molecule has 0 amide bonds. The smallest absolute Gasteiger partial charge is 0.0577 e. The summed E-state index contributed by atoms with van der Waals surface area (Å²) >= 11 is 0. The van der Waals surface area contributed by atoms with Gasteiger partial charge >= 0.3 is 0 Å². The van der Waals surface area contributed by atoms with Crippen molar-refractivity contribution in [2.75, 3.05) is 6.61 Å². The van der Waals surface area contributed by atoms with Crippen LogP contribution in [-0.2, 0) is 0 Å². The summed E-state index contributed by atoms with van der Waals surface area (Å²) in [4.78, 5) is 0. The molecule has 10 atom stereocenters. The number of hydrogen-bond acceptors (Lipinski definition) is 2. The molecule has 2 nitrogen and oxygen atoms in total. The maximum absolute atomic E-state index is 10.2. The predicted octanol–water partition coefficient (Wildman–Crippen LogP) is 7.00. The Morgan fingerprint density at radius 3 is 2.52 bits per heavy atom. The second kappa shape index (κ2) is 9.13. The first-order chi connectivity index (χ1) is 14.7. The lowest BCUT2D eigenvalue weighted by molar-refractivity contribution is -0.0576. The predicted molar refractivity (Wildman–Crippen MR) is 130 cm³/mol. The summed E-state index contributed by atoms with van der Waals surface area (Å²) in [5, 5.41) is 19.9. The number of allylic oxidation sites excluding steroid dienone is 1. The van der Waals surface area contributed by atoms with Gasteiger partial charge in [-0.05, 0) is 110 Å². The number of aliphatic hydroxyl groups excluding tert-OH is 2. The molecule has 0 aromatic carbocycles. The molecular weight excluding hydrogens is 380 g/mol. The van der Waals surface area contributed by atoms with Crippen LogP contribution in [0.2, 0.25) is 0 Å². The third kappa shape index (κ3) is 4.07. The molecule has 0 bridgehead atoms. The first-order valence-corrected chi connectivity index (χ1v) is 13.7. The maximum Gasteiger partial charge on any atom is 0.0577 e. The molecule has 0 unspecified atom stereocenters. The van der Waals surface area contributed by atoms with Crippen LogP contribution in [0, 0.1) is 52.3 Å². The minimum atomic E-state index is -0.0954. The zero-order valence-electron chi connectivity index (χ0n) is 21.1. The lowest BCUT2D eigenvalue weighted by Crippen LogP contribution is -2.50. The van der Waals surface area contributed by atoms with Crippen molar-refractivity contribution in [3.05, 3.63) is 11.6 Å². The van der Waals surface area contributed by atoms with Crippen LogP contribution in [0.25, 0.3) is 0 Å². The van der Waals surface area contributed by atoms with Crippen LogP contribution >= 0.6 is 0 Å². The topological polar surface area (TPSA) is 40.5 Å². The average molecular weight is 431 g/mol. The molecular formula is C29H50O2. The minimum Gasteiger partial charge on any atom is -0.396 e. The number of aliphatic hydroxyl groups is 2. The van der Waals surface area contributed by atoms with E-state index in [0.29, 0.717) is 29.3 Å². The van der Waals surface area contributed by atoms with E-state index in [1.165, 1.54) is 57.8 Å². The van der Waals surface area contributed by atoms with Crippen LogP contribution in [0.3, 0.4) is 0 Å². The number of hydrogen-bond donors (Lipinski definition) is 2. The molecule has 4 aliphatic rings. The van der Waals surface area contributed by atoms with Crippen LogP contribution in [0.1, 0.15) is 105 Å². The molecule has 0 aromatic rings. The van der Waals surface area contributed by atoms with Crippen molar-refractivity contribution in [3.63, 3.8) is 0 Å². The van der Waals surface area contributed by atoms with E-state index >= 15 is 0 Å². The quantitative estimate of drug-likeness (QED) is 0.427. The van der Waals surface area contributed by atoms with Crippen LogP contribution < -0.4 is 0 Å². The van der Waals surface area contributed by atoms with Crippen molar-refractivity contribution in [3.8, 4) is 0 Å². The van der Waals surface area contributed by atoms with Gasteiger partial charge in [-0.2, -0.15) is 0 Å². The van der Waals surface area contributed by atoms with Crippen LogP contribution in [0.15, 0.2) is 11.6 Å². The van der Waals surface area contributed by atoms with Gasteiger partial charge in [0.05, 0.1) is 6.10 Å². The van der Waals surface area contributed by atoms with Gasteiger partial charge in [-0.25, -0.2) is 0 Å². The molecule has 3 fully saturated rings. The van der Waals surface area contributed by atoms with E-state index in [9.17, 15) is 10.2 Å². The van der Waals surface area contributed by atoms with Gasteiger partial charge in [0, 0.05) is 6.61 Å². The van der Waals surface area contributed by atoms with Gasteiger partial charge in [-0.3, -0.25) is 0 Å². The third-order valence-electron chi connectivity index (χ3n) is 11.4. The highest BCUT2D eigenvalue weighted by molar-refractivity contribution is 5.25. The van der Waals surface area contributed by atoms with Gasteiger partial charge in [0.25, 0.3) is 0 Å². The van der Waals surface area contributed by atoms with Gasteiger partial charge in [0.2, 0.25) is 0 Å². The van der Waals surface area contributed by atoms with Crippen molar-refractivity contribution in [1.82, 2.24) is 0 Å². The SMILES string of the molecule is CC[C@H](CC[C@@H](C)[C@H]1CC[C@H]2[C@@H]3CC=C4C[C@@H](O)CC[C@]4(C)[C@H]3CC[C@]12C)[C@H](C)CO. The van der Waals surface area contributed by atoms with Crippen LogP contribution in [0.4, 0.5) is 0 Å². The maximum atomic E-state index is 10.2. The molecule has 0 saturated heterocycles. The highest BCUT2D eigenvalue weighted by atomic mass is 16.3. The largest absolute Gasteiger partial charge is 0.396 e. The first-order valence-electron chi connectivity index (χ1n) is 13.7. The summed E-state index contributed by atoms with van der Waals surface area (Å²) < 4.78 is 0. The average Bonchev–Trinajstić information content (AvgIpc) is 3.11. The summed E-state index contributed by atoms with van der Waals surface area (Å²) in [5.41, 5.74) is 2.49. The van der Waals surface area contributed by atoms with E-state index in [1.807, 2.05) is 0 Å². The Morgan fingerprint density at radius 2 is 1.81 bits per heavy atom. The fourth-order valence-electron chi connectivity index (χ4n) is 9.34. The van der Waals surface area contributed by atoms with Crippen LogP contribution in [-0.4, -0.2) is 22.9 Å². The van der Waals surface area contributed by atoms with E-state index in [4.69, 9.17) is 0 Å².